The van der Waals surface area contributed by atoms with Gasteiger partial charge in [0.1, 0.15) is 11.6 Å². The molecule has 2 atom stereocenters. The summed E-state index contributed by atoms with van der Waals surface area (Å²) in [6, 6.07) is 5.29. The van der Waals surface area contributed by atoms with Crippen LogP contribution in [-0.2, 0) is 16.1 Å². The maximum Gasteiger partial charge on any atom is 0.246 e. The van der Waals surface area contributed by atoms with Crippen molar-refractivity contribution in [2.24, 2.45) is 5.92 Å². The summed E-state index contributed by atoms with van der Waals surface area (Å²) in [6.45, 7) is 4.17. The molecule has 1 aromatic rings. The van der Waals surface area contributed by atoms with Crippen molar-refractivity contribution in [3.8, 4) is 0 Å². The van der Waals surface area contributed by atoms with Gasteiger partial charge >= 0.3 is 0 Å². The highest BCUT2D eigenvalue weighted by Crippen LogP contribution is 2.37. The highest BCUT2D eigenvalue weighted by Gasteiger charge is 2.52. The van der Waals surface area contributed by atoms with Crippen LogP contribution in [0.15, 0.2) is 24.4 Å². The molecule has 1 saturated heterocycles. The first-order valence-corrected chi connectivity index (χ1v) is 7.58. The number of hydrogen-bond donors (Lipinski definition) is 1. The number of nitrogens with zero attached hydrogens (tertiary/aromatic N) is 2. The Bertz CT molecular complexity index is 556. The molecule has 1 N–H and O–H groups in total. The number of carbonyl (C=O) groups is 2. The summed E-state index contributed by atoms with van der Waals surface area (Å²) in [7, 11) is 0. The third-order valence-corrected chi connectivity index (χ3v) is 4.73. The second-order valence-corrected chi connectivity index (χ2v) is 6.16. The molecule has 2 aliphatic rings. The number of carbonyl (C=O) groups excluding carboxylic acids is 2. The lowest BCUT2D eigenvalue weighted by molar-refractivity contribution is -0.158. The topological polar surface area (TPSA) is 62.3 Å². The minimum atomic E-state index is -0.792. The highest BCUT2D eigenvalue weighted by molar-refractivity contribution is 5.99. The van der Waals surface area contributed by atoms with Gasteiger partial charge < -0.3 is 10.2 Å². The monoisotopic (exact) mass is 287 g/mol. The van der Waals surface area contributed by atoms with Gasteiger partial charge in [-0.05, 0) is 44.2 Å². The third kappa shape index (κ3) is 2.41. The first-order valence-electron chi connectivity index (χ1n) is 7.58. The predicted molar refractivity (Wildman–Crippen MR) is 78.1 cm³/mol. The van der Waals surface area contributed by atoms with Crippen LogP contribution in [-0.4, -0.2) is 33.3 Å². The lowest BCUT2D eigenvalue weighted by Crippen LogP contribution is -2.69. The molecule has 0 radical (unpaired) electrons. The molecule has 21 heavy (non-hydrogen) atoms. The first kappa shape index (κ1) is 14.0. The Balaban J connectivity index is 1.90. The van der Waals surface area contributed by atoms with Gasteiger partial charge in [-0.1, -0.05) is 13.0 Å². The van der Waals surface area contributed by atoms with Crippen molar-refractivity contribution in [3.05, 3.63) is 30.1 Å². The molecule has 1 aliphatic carbocycles. The Morgan fingerprint density at radius 3 is 2.71 bits per heavy atom. The van der Waals surface area contributed by atoms with E-state index in [9.17, 15) is 9.59 Å². The molecule has 1 saturated carbocycles. The maximum absolute atomic E-state index is 12.8. The SMILES string of the molecule is CCC1(C)C(=O)NC(C2CC2)C(=O)N1Cc1ccccn1. The van der Waals surface area contributed by atoms with Crippen molar-refractivity contribution in [1.82, 2.24) is 15.2 Å². The summed E-state index contributed by atoms with van der Waals surface area (Å²) in [5.74, 6) is 0.304. The zero-order chi connectivity index (χ0) is 15.0. The van der Waals surface area contributed by atoms with E-state index in [1.54, 1.807) is 11.1 Å². The molecule has 0 aromatic carbocycles. The van der Waals surface area contributed by atoms with E-state index in [-0.39, 0.29) is 17.9 Å². The maximum atomic E-state index is 12.8. The van der Waals surface area contributed by atoms with Crippen LogP contribution in [0.25, 0.3) is 0 Å². The Hall–Kier alpha value is -1.91. The summed E-state index contributed by atoms with van der Waals surface area (Å²) >= 11 is 0. The number of rotatable bonds is 4. The smallest absolute Gasteiger partial charge is 0.246 e. The molecule has 5 heteroatoms. The Labute approximate surface area is 124 Å². The van der Waals surface area contributed by atoms with Gasteiger partial charge in [-0.2, -0.15) is 0 Å². The Morgan fingerprint density at radius 2 is 2.14 bits per heavy atom. The zero-order valence-corrected chi connectivity index (χ0v) is 12.5. The number of aromatic nitrogens is 1. The van der Waals surface area contributed by atoms with Crippen LogP contribution in [0.5, 0.6) is 0 Å². The highest BCUT2D eigenvalue weighted by atomic mass is 16.2. The van der Waals surface area contributed by atoms with E-state index >= 15 is 0 Å². The largest absolute Gasteiger partial charge is 0.342 e. The predicted octanol–water partition coefficient (Wildman–Crippen LogP) is 1.49. The van der Waals surface area contributed by atoms with E-state index in [0.717, 1.165) is 18.5 Å². The molecule has 3 rings (SSSR count). The molecule has 1 aliphatic heterocycles. The van der Waals surface area contributed by atoms with E-state index in [0.29, 0.717) is 18.9 Å². The van der Waals surface area contributed by atoms with Gasteiger partial charge in [0.15, 0.2) is 0 Å². The molecular weight excluding hydrogens is 266 g/mol. The summed E-state index contributed by atoms with van der Waals surface area (Å²) in [4.78, 5) is 31.3. The molecule has 2 heterocycles. The van der Waals surface area contributed by atoms with Crippen molar-refractivity contribution < 1.29 is 9.59 Å². The fourth-order valence-electron chi connectivity index (χ4n) is 2.90. The average molecular weight is 287 g/mol. The number of hydrogen-bond acceptors (Lipinski definition) is 3. The molecule has 112 valence electrons. The van der Waals surface area contributed by atoms with Crippen LogP contribution in [0.4, 0.5) is 0 Å². The van der Waals surface area contributed by atoms with Crippen molar-refractivity contribution in [2.45, 2.75) is 51.2 Å². The van der Waals surface area contributed by atoms with Gasteiger partial charge in [0, 0.05) is 6.20 Å². The van der Waals surface area contributed by atoms with E-state index in [2.05, 4.69) is 10.3 Å². The van der Waals surface area contributed by atoms with E-state index in [1.807, 2.05) is 32.0 Å². The molecule has 2 fully saturated rings. The van der Waals surface area contributed by atoms with Crippen LogP contribution in [0.3, 0.4) is 0 Å². The molecule has 0 spiro atoms. The summed E-state index contributed by atoms with van der Waals surface area (Å²) in [5, 5.41) is 2.93. The Morgan fingerprint density at radius 1 is 1.38 bits per heavy atom. The second-order valence-electron chi connectivity index (χ2n) is 6.16. The van der Waals surface area contributed by atoms with Crippen LogP contribution in [0.1, 0.15) is 38.8 Å². The Kier molecular flexibility index (Phi) is 3.43. The summed E-state index contributed by atoms with van der Waals surface area (Å²) < 4.78 is 0. The fourth-order valence-corrected chi connectivity index (χ4v) is 2.90. The lowest BCUT2D eigenvalue weighted by atomic mass is 9.89. The normalized spacial score (nSPS) is 29.4. The molecule has 1 aromatic heterocycles. The van der Waals surface area contributed by atoms with Crippen LogP contribution >= 0.6 is 0 Å². The number of nitrogens with one attached hydrogen (secondary N) is 1. The van der Waals surface area contributed by atoms with Gasteiger partial charge in [0.2, 0.25) is 11.8 Å². The molecule has 0 bridgehead atoms. The summed E-state index contributed by atoms with van der Waals surface area (Å²) in [5.41, 5.74) is 0.0229. The quantitative estimate of drug-likeness (QED) is 0.912. The van der Waals surface area contributed by atoms with Crippen molar-refractivity contribution in [2.75, 3.05) is 0 Å². The molecule has 5 nitrogen and oxygen atoms in total. The lowest BCUT2D eigenvalue weighted by Gasteiger charge is -2.46. The minimum absolute atomic E-state index is 0.0344. The molecular formula is C16H21N3O2. The van der Waals surface area contributed by atoms with Crippen LogP contribution in [0.2, 0.25) is 0 Å². The van der Waals surface area contributed by atoms with Crippen LogP contribution in [0, 0.1) is 5.92 Å². The van der Waals surface area contributed by atoms with Crippen molar-refractivity contribution in [3.63, 3.8) is 0 Å². The third-order valence-electron chi connectivity index (χ3n) is 4.73. The zero-order valence-electron chi connectivity index (χ0n) is 12.5. The van der Waals surface area contributed by atoms with Crippen molar-refractivity contribution >= 4 is 11.8 Å². The van der Waals surface area contributed by atoms with Gasteiger partial charge in [0.25, 0.3) is 0 Å². The first-order chi connectivity index (χ1) is 10.1. The van der Waals surface area contributed by atoms with E-state index in [4.69, 9.17) is 0 Å². The number of amides is 2. The van der Waals surface area contributed by atoms with Crippen LogP contribution < -0.4 is 5.32 Å². The molecule has 2 amide bonds. The fraction of sp³-hybridized carbons (Fsp3) is 0.562. The van der Waals surface area contributed by atoms with Gasteiger partial charge in [-0.25, -0.2) is 0 Å². The number of piperazine rings is 1. The van der Waals surface area contributed by atoms with Gasteiger partial charge in [-0.3, -0.25) is 14.6 Å². The van der Waals surface area contributed by atoms with Gasteiger partial charge in [0.05, 0.1) is 12.2 Å². The van der Waals surface area contributed by atoms with E-state index < -0.39 is 5.54 Å². The van der Waals surface area contributed by atoms with E-state index in [1.165, 1.54) is 0 Å². The second kappa shape index (κ2) is 5.13. The average Bonchev–Trinajstić information content (AvgIpc) is 3.33. The molecule has 2 unspecified atom stereocenters. The van der Waals surface area contributed by atoms with Crippen molar-refractivity contribution in [1.29, 1.82) is 0 Å². The summed E-state index contributed by atoms with van der Waals surface area (Å²) in [6.07, 6.45) is 4.36. The standard InChI is InChI=1S/C16H21N3O2/c1-3-16(2)15(21)18-13(11-7-8-11)14(20)19(16)10-12-6-4-5-9-17-12/h4-6,9,11,13H,3,7-8,10H2,1-2H3,(H,18,21). The minimum Gasteiger partial charge on any atom is -0.342 e. The number of pyridine rings is 1. The van der Waals surface area contributed by atoms with Gasteiger partial charge in [-0.15, -0.1) is 0 Å².